The predicted molar refractivity (Wildman–Crippen MR) is 95.1 cm³/mol. The molecule has 0 radical (unpaired) electrons. The SMILES string of the molecule is CCOc1ccccc1OCCOc1cccc2ccc(C)nc12. The highest BCUT2D eigenvalue weighted by Crippen LogP contribution is 2.27. The van der Waals surface area contributed by atoms with Crippen molar-refractivity contribution in [1.29, 1.82) is 0 Å². The van der Waals surface area contributed by atoms with Gasteiger partial charge in [-0.2, -0.15) is 0 Å². The van der Waals surface area contributed by atoms with Crippen molar-refractivity contribution in [1.82, 2.24) is 4.98 Å². The van der Waals surface area contributed by atoms with E-state index in [1.807, 2.05) is 62.4 Å². The molecule has 2 aromatic carbocycles. The van der Waals surface area contributed by atoms with Crippen molar-refractivity contribution < 1.29 is 14.2 Å². The van der Waals surface area contributed by atoms with Crippen LogP contribution in [0.1, 0.15) is 12.6 Å². The molecule has 0 aliphatic carbocycles. The third kappa shape index (κ3) is 3.77. The summed E-state index contributed by atoms with van der Waals surface area (Å²) in [6, 6.07) is 17.6. The molecule has 0 saturated carbocycles. The topological polar surface area (TPSA) is 40.6 Å². The molecule has 3 aromatic rings. The van der Waals surface area contributed by atoms with Crippen LogP contribution < -0.4 is 14.2 Å². The lowest BCUT2D eigenvalue weighted by Crippen LogP contribution is -2.10. The van der Waals surface area contributed by atoms with Gasteiger partial charge in [-0.25, -0.2) is 4.98 Å². The second-order valence-corrected chi connectivity index (χ2v) is 5.36. The van der Waals surface area contributed by atoms with Crippen LogP contribution in [-0.4, -0.2) is 24.8 Å². The van der Waals surface area contributed by atoms with Gasteiger partial charge in [0.1, 0.15) is 24.5 Å². The lowest BCUT2D eigenvalue weighted by atomic mass is 10.2. The van der Waals surface area contributed by atoms with E-state index >= 15 is 0 Å². The molecule has 4 heteroatoms. The molecule has 0 saturated heterocycles. The summed E-state index contributed by atoms with van der Waals surface area (Å²) in [6.07, 6.45) is 0. The highest BCUT2D eigenvalue weighted by molar-refractivity contribution is 5.84. The van der Waals surface area contributed by atoms with Gasteiger partial charge < -0.3 is 14.2 Å². The predicted octanol–water partition coefficient (Wildman–Crippen LogP) is 4.40. The average molecular weight is 323 g/mol. The molecule has 4 nitrogen and oxygen atoms in total. The highest BCUT2D eigenvalue weighted by Gasteiger charge is 2.06. The van der Waals surface area contributed by atoms with E-state index in [1.165, 1.54) is 0 Å². The molecule has 124 valence electrons. The monoisotopic (exact) mass is 323 g/mol. The summed E-state index contributed by atoms with van der Waals surface area (Å²) >= 11 is 0. The van der Waals surface area contributed by atoms with Crippen molar-refractivity contribution in [2.45, 2.75) is 13.8 Å². The van der Waals surface area contributed by atoms with Crippen LogP contribution >= 0.6 is 0 Å². The lowest BCUT2D eigenvalue weighted by molar-refractivity contribution is 0.209. The zero-order chi connectivity index (χ0) is 16.8. The van der Waals surface area contributed by atoms with Gasteiger partial charge in [0.25, 0.3) is 0 Å². The van der Waals surface area contributed by atoms with Crippen molar-refractivity contribution in [2.75, 3.05) is 19.8 Å². The van der Waals surface area contributed by atoms with Gasteiger partial charge in [0.2, 0.25) is 0 Å². The van der Waals surface area contributed by atoms with E-state index in [2.05, 4.69) is 11.1 Å². The lowest BCUT2D eigenvalue weighted by Gasteiger charge is -2.13. The summed E-state index contributed by atoms with van der Waals surface area (Å²) in [5.41, 5.74) is 1.85. The van der Waals surface area contributed by atoms with Gasteiger partial charge in [0, 0.05) is 11.1 Å². The first-order valence-electron chi connectivity index (χ1n) is 8.11. The van der Waals surface area contributed by atoms with Gasteiger partial charge in [-0.05, 0) is 38.1 Å². The highest BCUT2D eigenvalue weighted by atomic mass is 16.5. The van der Waals surface area contributed by atoms with E-state index in [1.54, 1.807) is 0 Å². The van der Waals surface area contributed by atoms with Crippen LogP contribution in [-0.2, 0) is 0 Å². The number of benzene rings is 2. The second kappa shape index (κ2) is 7.68. The van der Waals surface area contributed by atoms with Crippen LogP contribution in [0, 0.1) is 6.92 Å². The summed E-state index contributed by atoms with van der Waals surface area (Å²) in [5, 5.41) is 1.07. The molecule has 0 bridgehead atoms. The van der Waals surface area contributed by atoms with Crippen LogP contribution in [0.3, 0.4) is 0 Å². The van der Waals surface area contributed by atoms with E-state index in [0.717, 1.165) is 33.8 Å². The normalized spacial score (nSPS) is 10.6. The fraction of sp³-hybridized carbons (Fsp3) is 0.250. The molecule has 0 spiro atoms. The molecule has 24 heavy (non-hydrogen) atoms. The first-order chi connectivity index (χ1) is 11.8. The van der Waals surface area contributed by atoms with Crippen LogP contribution in [0.5, 0.6) is 17.2 Å². The van der Waals surface area contributed by atoms with E-state index in [9.17, 15) is 0 Å². The summed E-state index contributed by atoms with van der Waals surface area (Å²) in [6.45, 7) is 5.42. The number of para-hydroxylation sites is 3. The van der Waals surface area contributed by atoms with Crippen molar-refractivity contribution in [3.63, 3.8) is 0 Å². The minimum atomic E-state index is 0.437. The number of aromatic nitrogens is 1. The van der Waals surface area contributed by atoms with E-state index in [0.29, 0.717) is 19.8 Å². The van der Waals surface area contributed by atoms with Crippen LogP contribution in [0.2, 0.25) is 0 Å². The number of aryl methyl sites for hydroxylation is 1. The Morgan fingerprint density at radius 1 is 0.750 bits per heavy atom. The Hall–Kier alpha value is -2.75. The zero-order valence-electron chi connectivity index (χ0n) is 14.0. The Bertz CT molecular complexity index is 817. The Morgan fingerprint density at radius 3 is 2.17 bits per heavy atom. The Kier molecular flexibility index (Phi) is 5.16. The molecular weight excluding hydrogens is 302 g/mol. The number of hydrogen-bond acceptors (Lipinski definition) is 4. The number of nitrogens with zero attached hydrogens (tertiary/aromatic N) is 1. The fourth-order valence-corrected chi connectivity index (χ4v) is 2.48. The summed E-state index contributed by atoms with van der Waals surface area (Å²) < 4.78 is 17.2. The maximum absolute atomic E-state index is 5.87. The number of rotatable bonds is 7. The third-order valence-corrected chi connectivity index (χ3v) is 3.57. The maximum atomic E-state index is 5.87. The number of fused-ring (bicyclic) bond motifs is 1. The van der Waals surface area contributed by atoms with Gasteiger partial charge in [-0.15, -0.1) is 0 Å². The molecule has 0 atom stereocenters. The smallest absolute Gasteiger partial charge is 0.161 e. The molecule has 0 unspecified atom stereocenters. The minimum Gasteiger partial charge on any atom is -0.490 e. The fourth-order valence-electron chi connectivity index (χ4n) is 2.48. The average Bonchev–Trinajstić information content (AvgIpc) is 2.60. The molecule has 0 aliphatic rings. The molecule has 0 aliphatic heterocycles. The van der Waals surface area contributed by atoms with Crippen LogP contribution in [0.15, 0.2) is 54.6 Å². The summed E-state index contributed by atoms with van der Waals surface area (Å²) in [4.78, 5) is 4.57. The van der Waals surface area contributed by atoms with Gasteiger partial charge >= 0.3 is 0 Å². The second-order valence-electron chi connectivity index (χ2n) is 5.36. The maximum Gasteiger partial charge on any atom is 0.161 e. The van der Waals surface area contributed by atoms with Crippen molar-refractivity contribution >= 4 is 10.9 Å². The number of hydrogen-bond donors (Lipinski definition) is 0. The molecule has 1 aromatic heterocycles. The van der Waals surface area contributed by atoms with Crippen LogP contribution in [0.25, 0.3) is 10.9 Å². The van der Waals surface area contributed by atoms with Crippen molar-refractivity contribution in [3.05, 3.63) is 60.3 Å². The van der Waals surface area contributed by atoms with Crippen molar-refractivity contribution in [3.8, 4) is 17.2 Å². The molecule has 0 amide bonds. The van der Waals surface area contributed by atoms with Crippen molar-refractivity contribution in [2.24, 2.45) is 0 Å². The number of pyridine rings is 1. The van der Waals surface area contributed by atoms with E-state index in [-0.39, 0.29) is 0 Å². The van der Waals surface area contributed by atoms with Gasteiger partial charge in [0.05, 0.1) is 6.61 Å². The summed E-state index contributed by atoms with van der Waals surface area (Å²) in [5.74, 6) is 2.26. The van der Waals surface area contributed by atoms with Gasteiger partial charge in [-0.1, -0.05) is 30.3 Å². The Balaban J connectivity index is 1.62. The third-order valence-electron chi connectivity index (χ3n) is 3.57. The van der Waals surface area contributed by atoms with Gasteiger partial charge in [0.15, 0.2) is 11.5 Å². The largest absolute Gasteiger partial charge is 0.490 e. The van der Waals surface area contributed by atoms with E-state index < -0.39 is 0 Å². The quantitative estimate of drug-likeness (QED) is 0.604. The first kappa shape index (κ1) is 16.1. The zero-order valence-corrected chi connectivity index (χ0v) is 14.0. The minimum absolute atomic E-state index is 0.437. The van der Waals surface area contributed by atoms with Gasteiger partial charge in [-0.3, -0.25) is 0 Å². The molecule has 1 heterocycles. The summed E-state index contributed by atoms with van der Waals surface area (Å²) in [7, 11) is 0. The molecule has 0 N–H and O–H groups in total. The standard InChI is InChI=1S/C20H21NO3/c1-3-22-17-8-4-5-9-18(17)23-13-14-24-19-10-6-7-16-12-11-15(2)21-20(16)19/h4-12H,3,13-14H2,1-2H3. The Labute approximate surface area is 142 Å². The molecule has 3 rings (SSSR count). The van der Waals surface area contributed by atoms with E-state index in [4.69, 9.17) is 14.2 Å². The molecule has 0 fully saturated rings. The Morgan fingerprint density at radius 2 is 1.42 bits per heavy atom. The number of ether oxygens (including phenoxy) is 3. The molecular formula is C20H21NO3. The van der Waals surface area contributed by atoms with Crippen LogP contribution in [0.4, 0.5) is 0 Å². The first-order valence-corrected chi connectivity index (χ1v) is 8.11.